The second-order valence-corrected chi connectivity index (χ2v) is 8.12. The number of benzene rings is 2. The third-order valence-electron chi connectivity index (χ3n) is 4.24. The highest BCUT2D eigenvalue weighted by Gasteiger charge is 2.27. The van der Waals surface area contributed by atoms with Gasteiger partial charge in [-0.25, -0.2) is 4.79 Å². The molecule has 2 aromatic carbocycles. The number of anilines is 1. The number of ketones is 1. The Morgan fingerprint density at radius 2 is 1.87 bits per heavy atom. The predicted molar refractivity (Wildman–Crippen MR) is 122 cm³/mol. The molecule has 2 N–H and O–H groups in total. The Labute approximate surface area is 184 Å². The van der Waals surface area contributed by atoms with E-state index in [0.717, 1.165) is 17.3 Å². The summed E-state index contributed by atoms with van der Waals surface area (Å²) in [7, 11) is 0. The van der Waals surface area contributed by atoms with Gasteiger partial charge in [-0.15, -0.1) is 0 Å². The minimum atomic E-state index is -0.436. The number of carbonyl (C=O) groups is 3. The lowest BCUT2D eigenvalue weighted by Crippen LogP contribution is -2.36. The lowest BCUT2D eigenvalue weighted by Gasteiger charge is -2.11. The van der Waals surface area contributed by atoms with Crippen LogP contribution in [0.5, 0.6) is 0 Å². The number of hydrogen-bond donors (Lipinski definition) is 2. The predicted octanol–water partition coefficient (Wildman–Crippen LogP) is 3.44. The van der Waals surface area contributed by atoms with Gasteiger partial charge in [0, 0.05) is 17.7 Å². The third kappa shape index (κ3) is 6.53. The lowest BCUT2D eigenvalue weighted by molar-refractivity contribution is -0.139. The van der Waals surface area contributed by atoms with Crippen LogP contribution in [0.25, 0.3) is 6.08 Å². The molecule has 0 aromatic heterocycles. The first-order valence-electron chi connectivity index (χ1n) is 9.28. The second-order valence-electron chi connectivity index (χ2n) is 6.46. The number of esters is 1. The topological polar surface area (TPSA) is 84.5 Å². The highest BCUT2D eigenvalue weighted by molar-refractivity contribution is 8.23. The maximum Gasteiger partial charge on any atom is 0.328 e. The zero-order chi connectivity index (χ0) is 21.3. The van der Waals surface area contributed by atoms with E-state index in [2.05, 4.69) is 10.6 Å². The summed E-state index contributed by atoms with van der Waals surface area (Å²) >= 11 is 6.30. The van der Waals surface area contributed by atoms with Gasteiger partial charge in [-0.05, 0) is 35.9 Å². The molecule has 0 aliphatic carbocycles. The van der Waals surface area contributed by atoms with Crippen molar-refractivity contribution in [3.63, 3.8) is 0 Å². The van der Waals surface area contributed by atoms with Crippen LogP contribution < -0.4 is 10.6 Å². The molecule has 1 aliphatic heterocycles. The first-order valence-corrected chi connectivity index (χ1v) is 10.7. The Bertz CT molecular complexity index is 959. The summed E-state index contributed by atoms with van der Waals surface area (Å²) in [4.78, 5) is 35.8. The van der Waals surface area contributed by atoms with Crippen molar-refractivity contribution >= 4 is 57.7 Å². The van der Waals surface area contributed by atoms with Gasteiger partial charge in [0.15, 0.2) is 5.78 Å². The monoisotopic (exact) mass is 440 g/mol. The van der Waals surface area contributed by atoms with Crippen molar-refractivity contribution in [2.45, 2.75) is 12.5 Å². The first kappa shape index (κ1) is 21.7. The van der Waals surface area contributed by atoms with Crippen molar-refractivity contribution in [3.8, 4) is 0 Å². The van der Waals surface area contributed by atoms with Gasteiger partial charge in [0.05, 0.1) is 12.4 Å². The lowest BCUT2D eigenvalue weighted by atomic mass is 10.1. The number of hydrogen-bond acceptors (Lipinski definition) is 6. The molecule has 0 saturated carbocycles. The van der Waals surface area contributed by atoms with Gasteiger partial charge in [-0.3, -0.25) is 9.59 Å². The summed E-state index contributed by atoms with van der Waals surface area (Å²) in [6.45, 7) is 0.380. The molecule has 0 unspecified atom stereocenters. The summed E-state index contributed by atoms with van der Waals surface area (Å²) in [5, 5.41) is 5.64. The maximum absolute atomic E-state index is 12.3. The molecular weight excluding hydrogens is 420 g/mol. The Balaban J connectivity index is 1.44. The number of cyclic esters (lactones) is 1. The van der Waals surface area contributed by atoms with Gasteiger partial charge in [-0.2, -0.15) is 0 Å². The number of ether oxygens (including phenoxy) is 1. The van der Waals surface area contributed by atoms with Crippen molar-refractivity contribution < 1.29 is 19.1 Å². The van der Waals surface area contributed by atoms with Gasteiger partial charge in [-0.1, -0.05) is 60.4 Å². The Kier molecular flexibility index (Phi) is 7.75. The van der Waals surface area contributed by atoms with E-state index in [1.165, 1.54) is 6.08 Å². The molecule has 1 amide bonds. The van der Waals surface area contributed by atoms with Crippen molar-refractivity contribution in [2.75, 3.05) is 17.7 Å². The second kappa shape index (κ2) is 10.7. The highest BCUT2D eigenvalue weighted by atomic mass is 32.2. The number of thiocarbonyl (C=S) groups is 1. The molecule has 1 aliphatic rings. The Hall–Kier alpha value is -2.97. The normalized spacial score (nSPS) is 15.6. The average Bonchev–Trinajstić information content (AvgIpc) is 3.16. The third-order valence-corrected chi connectivity index (χ3v) is 5.50. The largest absolute Gasteiger partial charge is 0.464 e. The fourth-order valence-corrected chi connectivity index (χ4v) is 3.57. The van der Waals surface area contributed by atoms with Crippen molar-refractivity contribution in [3.05, 3.63) is 71.8 Å². The number of carbonyl (C=O) groups excluding carboxylic acids is 3. The SMILES string of the molecule is O=C(CSC(=S)N[C@H]1CCOC1=O)Nc1ccc(C(=O)/C=C/c2ccccc2)cc1. The van der Waals surface area contributed by atoms with Crippen LogP contribution in [-0.2, 0) is 14.3 Å². The molecule has 1 atom stereocenters. The van der Waals surface area contributed by atoms with Crippen LogP contribution in [0.1, 0.15) is 22.3 Å². The highest BCUT2D eigenvalue weighted by Crippen LogP contribution is 2.14. The standard InChI is InChI=1S/C22H20N2O4S2/c25-19(11-6-15-4-2-1-3-5-15)16-7-9-17(10-8-16)23-20(26)14-30-22(29)24-18-12-13-28-21(18)27/h1-11,18H,12-14H2,(H,23,26)(H,24,29)/b11-6+/t18-/m0/s1. The average molecular weight is 441 g/mol. The summed E-state index contributed by atoms with van der Waals surface area (Å²) < 4.78 is 5.23. The van der Waals surface area contributed by atoms with Crippen molar-refractivity contribution in [2.24, 2.45) is 0 Å². The van der Waals surface area contributed by atoms with E-state index in [9.17, 15) is 14.4 Å². The Morgan fingerprint density at radius 3 is 2.53 bits per heavy atom. The fraction of sp³-hybridized carbons (Fsp3) is 0.182. The van der Waals surface area contributed by atoms with E-state index >= 15 is 0 Å². The molecule has 8 heteroatoms. The van der Waals surface area contributed by atoms with Gasteiger partial charge >= 0.3 is 5.97 Å². The minimum Gasteiger partial charge on any atom is -0.464 e. The zero-order valence-corrected chi connectivity index (χ0v) is 17.6. The Morgan fingerprint density at radius 1 is 1.13 bits per heavy atom. The summed E-state index contributed by atoms with van der Waals surface area (Å²) in [5.41, 5.74) is 2.07. The molecule has 1 fully saturated rings. The summed E-state index contributed by atoms with van der Waals surface area (Å²) in [6.07, 6.45) is 3.85. The zero-order valence-electron chi connectivity index (χ0n) is 16.0. The number of thioether (sulfide) groups is 1. The maximum atomic E-state index is 12.3. The van der Waals surface area contributed by atoms with Crippen molar-refractivity contribution in [1.29, 1.82) is 0 Å². The number of rotatable bonds is 7. The molecule has 2 aromatic rings. The van der Waals surface area contributed by atoms with Gasteiger partial charge in [0.2, 0.25) is 5.91 Å². The van der Waals surface area contributed by atoms with E-state index < -0.39 is 6.04 Å². The van der Waals surface area contributed by atoms with E-state index in [1.807, 2.05) is 30.3 Å². The van der Waals surface area contributed by atoms with Gasteiger partial charge < -0.3 is 15.4 Å². The van der Waals surface area contributed by atoms with Gasteiger partial charge in [0.1, 0.15) is 10.4 Å². The van der Waals surface area contributed by atoms with Gasteiger partial charge in [0.25, 0.3) is 0 Å². The van der Waals surface area contributed by atoms with Crippen LogP contribution in [-0.4, -0.2) is 40.4 Å². The van der Waals surface area contributed by atoms with Crippen LogP contribution in [0, 0.1) is 0 Å². The molecule has 6 nitrogen and oxygen atoms in total. The molecular formula is C22H20N2O4S2. The van der Waals surface area contributed by atoms with Crippen LogP contribution in [0.4, 0.5) is 5.69 Å². The molecule has 154 valence electrons. The van der Waals surface area contributed by atoms with Crippen LogP contribution in [0.3, 0.4) is 0 Å². The van der Waals surface area contributed by atoms with Crippen LogP contribution >= 0.6 is 24.0 Å². The quantitative estimate of drug-likeness (QED) is 0.295. The van der Waals surface area contributed by atoms with Crippen molar-refractivity contribution in [1.82, 2.24) is 5.32 Å². The minimum absolute atomic E-state index is 0.105. The molecule has 3 rings (SSSR count). The van der Waals surface area contributed by atoms with E-state index in [-0.39, 0.29) is 23.4 Å². The fourth-order valence-electron chi connectivity index (χ4n) is 2.69. The molecule has 0 bridgehead atoms. The molecule has 1 saturated heterocycles. The van der Waals surface area contributed by atoms with Crippen LogP contribution in [0.2, 0.25) is 0 Å². The molecule has 1 heterocycles. The summed E-state index contributed by atoms with van der Waals surface area (Å²) in [5.74, 6) is -0.570. The first-order chi connectivity index (χ1) is 14.5. The van der Waals surface area contributed by atoms with E-state index in [4.69, 9.17) is 17.0 Å². The smallest absolute Gasteiger partial charge is 0.328 e. The molecule has 30 heavy (non-hydrogen) atoms. The van der Waals surface area contributed by atoms with E-state index in [1.54, 1.807) is 30.3 Å². The summed E-state index contributed by atoms with van der Waals surface area (Å²) in [6, 6.07) is 15.8. The van der Waals surface area contributed by atoms with E-state index in [0.29, 0.717) is 28.6 Å². The number of allylic oxidation sites excluding steroid dienone is 1. The molecule has 0 spiro atoms. The van der Waals surface area contributed by atoms with Crippen LogP contribution in [0.15, 0.2) is 60.7 Å². The molecule has 0 radical (unpaired) electrons. The number of nitrogens with one attached hydrogen (secondary N) is 2. The number of amides is 1.